The Kier molecular flexibility index (Phi) is 2.34. The highest BCUT2D eigenvalue weighted by Crippen LogP contribution is 2.34. The van der Waals surface area contributed by atoms with Crippen LogP contribution in [0.15, 0.2) is 12.1 Å². The first-order valence-corrected chi connectivity index (χ1v) is 5.21. The molecule has 1 aromatic rings. The molecular formula is C12H17N. The molecular weight excluding hydrogens is 158 g/mol. The second kappa shape index (κ2) is 3.49. The van der Waals surface area contributed by atoms with Crippen LogP contribution in [0.5, 0.6) is 0 Å². The van der Waals surface area contributed by atoms with Crippen molar-refractivity contribution < 1.29 is 0 Å². The standard InChI is InChI=1S/C12H17N/c1-9-7-12(8-10(2)13-9)11-5-3-4-6-11/h7-8,11H,3-6H2,1-2H3. The summed E-state index contributed by atoms with van der Waals surface area (Å²) in [7, 11) is 0. The Hall–Kier alpha value is -0.850. The predicted molar refractivity (Wildman–Crippen MR) is 54.9 cm³/mol. The summed E-state index contributed by atoms with van der Waals surface area (Å²) in [4.78, 5) is 4.41. The molecule has 2 rings (SSSR count). The molecule has 0 bridgehead atoms. The Morgan fingerprint density at radius 1 is 1.08 bits per heavy atom. The molecule has 70 valence electrons. The molecule has 1 aliphatic rings. The molecule has 0 aromatic carbocycles. The van der Waals surface area contributed by atoms with Crippen molar-refractivity contribution in [1.29, 1.82) is 0 Å². The summed E-state index contributed by atoms with van der Waals surface area (Å²) in [5.41, 5.74) is 3.85. The van der Waals surface area contributed by atoms with E-state index in [1.807, 2.05) is 0 Å². The Morgan fingerprint density at radius 2 is 1.62 bits per heavy atom. The number of hydrogen-bond donors (Lipinski definition) is 0. The quantitative estimate of drug-likeness (QED) is 0.637. The second-order valence-electron chi connectivity index (χ2n) is 4.16. The zero-order valence-corrected chi connectivity index (χ0v) is 8.51. The molecule has 1 heterocycles. The van der Waals surface area contributed by atoms with E-state index >= 15 is 0 Å². The molecule has 0 saturated heterocycles. The third kappa shape index (κ3) is 1.90. The first kappa shape index (κ1) is 8.74. The Balaban J connectivity index is 2.28. The monoisotopic (exact) mass is 175 g/mol. The highest BCUT2D eigenvalue weighted by molar-refractivity contribution is 5.24. The van der Waals surface area contributed by atoms with Gasteiger partial charge in [-0.15, -0.1) is 0 Å². The fourth-order valence-electron chi connectivity index (χ4n) is 2.36. The van der Waals surface area contributed by atoms with Crippen LogP contribution in [0.2, 0.25) is 0 Å². The van der Waals surface area contributed by atoms with Crippen molar-refractivity contribution in [1.82, 2.24) is 4.98 Å². The zero-order valence-electron chi connectivity index (χ0n) is 8.51. The van der Waals surface area contributed by atoms with Crippen LogP contribution < -0.4 is 0 Å². The normalized spacial score (nSPS) is 18.0. The number of nitrogens with zero attached hydrogens (tertiary/aromatic N) is 1. The van der Waals surface area contributed by atoms with Gasteiger partial charge in [0.15, 0.2) is 0 Å². The molecule has 0 spiro atoms. The summed E-state index contributed by atoms with van der Waals surface area (Å²) in [6.45, 7) is 4.18. The molecule has 1 saturated carbocycles. The van der Waals surface area contributed by atoms with Gasteiger partial charge in [0.25, 0.3) is 0 Å². The van der Waals surface area contributed by atoms with Crippen LogP contribution in [0, 0.1) is 13.8 Å². The molecule has 1 aliphatic carbocycles. The number of pyridine rings is 1. The van der Waals surface area contributed by atoms with Crippen molar-refractivity contribution in [2.75, 3.05) is 0 Å². The highest BCUT2D eigenvalue weighted by atomic mass is 14.7. The van der Waals surface area contributed by atoms with Gasteiger partial charge >= 0.3 is 0 Å². The van der Waals surface area contributed by atoms with Crippen LogP contribution >= 0.6 is 0 Å². The topological polar surface area (TPSA) is 12.9 Å². The summed E-state index contributed by atoms with van der Waals surface area (Å²) in [5.74, 6) is 0.820. The van der Waals surface area contributed by atoms with E-state index in [-0.39, 0.29) is 0 Å². The van der Waals surface area contributed by atoms with Gasteiger partial charge in [-0.3, -0.25) is 4.98 Å². The summed E-state index contributed by atoms with van der Waals surface area (Å²) in [5, 5.41) is 0. The fraction of sp³-hybridized carbons (Fsp3) is 0.583. The lowest BCUT2D eigenvalue weighted by atomic mass is 9.97. The van der Waals surface area contributed by atoms with E-state index in [4.69, 9.17) is 0 Å². The molecule has 0 unspecified atom stereocenters. The smallest absolute Gasteiger partial charge is 0.0378 e. The predicted octanol–water partition coefficient (Wildman–Crippen LogP) is 3.36. The van der Waals surface area contributed by atoms with Gasteiger partial charge in [0.1, 0.15) is 0 Å². The molecule has 0 radical (unpaired) electrons. The lowest BCUT2D eigenvalue weighted by molar-refractivity contribution is 0.719. The number of aryl methyl sites for hydroxylation is 2. The van der Waals surface area contributed by atoms with E-state index < -0.39 is 0 Å². The summed E-state index contributed by atoms with van der Waals surface area (Å²) in [6, 6.07) is 4.51. The van der Waals surface area contributed by atoms with E-state index in [1.165, 1.54) is 42.6 Å². The average Bonchev–Trinajstić information content (AvgIpc) is 2.53. The van der Waals surface area contributed by atoms with Crippen LogP contribution in [-0.2, 0) is 0 Å². The van der Waals surface area contributed by atoms with Crippen LogP contribution in [0.25, 0.3) is 0 Å². The van der Waals surface area contributed by atoms with E-state index in [0.717, 1.165) is 5.92 Å². The third-order valence-electron chi connectivity index (χ3n) is 2.93. The minimum absolute atomic E-state index is 0.820. The molecule has 1 aromatic heterocycles. The third-order valence-corrected chi connectivity index (χ3v) is 2.93. The Bertz CT molecular complexity index is 278. The van der Waals surface area contributed by atoms with Gasteiger partial charge in [-0.05, 0) is 50.3 Å². The maximum Gasteiger partial charge on any atom is 0.0378 e. The SMILES string of the molecule is Cc1cc(C2CCCC2)cc(C)n1. The van der Waals surface area contributed by atoms with E-state index in [9.17, 15) is 0 Å². The van der Waals surface area contributed by atoms with E-state index in [1.54, 1.807) is 0 Å². The Morgan fingerprint density at radius 3 is 2.15 bits per heavy atom. The molecule has 13 heavy (non-hydrogen) atoms. The number of rotatable bonds is 1. The first-order valence-electron chi connectivity index (χ1n) is 5.21. The fourth-order valence-corrected chi connectivity index (χ4v) is 2.36. The summed E-state index contributed by atoms with van der Waals surface area (Å²) >= 11 is 0. The minimum atomic E-state index is 0.820. The molecule has 1 nitrogen and oxygen atoms in total. The summed E-state index contributed by atoms with van der Waals surface area (Å²) in [6.07, 6.45) is 5.57. The minimum Gasteiger partial charge on any atom is -0.258 e. The lowest BCUT2D eigenvalue weighted by Gasteiger charge is -2.10. The van der Waals surface area contributed by atoms with Crippen molar-refractivity contribution in [3.63, 3.8) is 0 Å². The van der Waals surface area contributed by atoms with Gasteiger partial charge < -0.3 is 0 Å². The number of hydrogen-bond acceptors (Lipinski definition) is 1. The van der Waals surface area contributed by atoms with Gasteiger partial charge in [0.2, 0.25) is 0 Å². The van der Waals surface area contributed by atoms with E-state index in [2.05, 4.69) is 31.0 Å². The van der Waals surface area contributed by atoms with Gasteiger partial charge in [-0.25, -0.2) is 0 Å². The van der Waals surface area contributed by atoms with Crippen molar-refractivity contribution in [2.45, 2.75) is 45.4 Å². The number of aromatic nitrogens is 1. The van der Waals surface area contributed by atoms with Crippen molar-refractivity contribution in [3.8, 4) is 0 Å². The van der Waals surface area contributed by atoms with Crippen molar-refractivity contribution >= 4 is 0 Å². The van der Waals surface area contributed by atoms with Gasteiger partial charge in [0.05, 0.1) is 0 Å². The van der Waals surface area contributed by atoms with E-state index in [0.29, 0.717) is 0 Å². The molecule has 1 fully saturated rings. The molecule has 1 heteroatoms. The zero-order chi connectivity index (χ0) is 9.26. The highest BCUT2D eigenvalue weighted by Gasteiger charge is 2.17. The van der Waals surface area contributed by atoms with Gasteiger partial charge in [-0.1, -0.05) is 12.8 Å². The van der Waals surface area contributed by atoms with Gasteiger partial charge in [-0.2, -0.15) is 0 Å². The van der Waals surface area contributed by atoms with Crippen molar-refractivity contribution in [3.05, 3.63) is 29.1 Å². The van der Waals surface area contributed by atoms with Crippen molar-refractivity contribution in [2.24, 2.45) is 0 Å². The average molecular weight is 175 g/mol. The van der Waals surface area contributed by atoms with Crippen LogP contribution in [0.3, 0.4) is 0 Å². The molecule has 0 amide bonds. The maximum atomic E-state index is 4.41. The van der Waals surface area contributed by atoms with Crippen LogP contribution in [-0.4, -0.2) is 4.98 Å². The largest absolute Gasteiger partial charge is 0.258 e. The van der Waals surface area contributed by atoms with Crippen LogP contribution in [0.1, 0.15) is 48.6 Å². The summed E-state index contributed by atoms with van der Waals surface area (Å²) < 4.78 is 0. The first-order chi connectivity index (χ1) is 6.25. The Labute approximate surface area is 80.2 Å². The molecule has 0 N–H and O–H groups in total. The molecule has 0 aliphatic heterocycles. The van der Waals surface area contributed by atoms with Gasteiger partial charge in [0, 0.05) is 11.4 Å². The van der Waals surface area contributed by atoms with Crippen LogP contribution in [0.4, 0.5) is 0 Å². The molecule has 0 atom stereocenters. The second-order valence-corrected chi connectivity index (χ2v) is 4.16. The maximum absolute atomic E-state index is 4.41. The lowest BCUT2D eigenvalue weighted by Crippen LogP contribution is -1.96.